The Balaban J connectivity index is 2.03. The molecule has 0 aliphatic carbocycles. The molecule has 0 aliphatic rings. The summed E-state index contributed by atoms with van der Waals surface area (Å²) in [6, 6.07) is 18.1. The Morgan fingerprint density at radius 1 is 1.08 bits per heavy atom. The lowest BCUT2D eigenvalue weighted by Gasteiger charge is -2.27. The van der Waals surface area contributed by atoms with Gasteiger partial charge in [-0.25, -0.2) is 0 Å². The summed E-state index contributed by atoms with van der Waals surface area (Å²) < 4.78 is 0. The van der Waals surface area contributed by atoms with Gasteiger partial charge in [-0.2, -0.15) is 0 Å². The number of hydrogen-bond acceptors (Lipinski definition) is 3. The minimum Gasteiger partial charge on any atom is -0.389 e. The SMILES string of the molecule is CCN(CC(=O)Nc1ccccc1Cc1ccccc1)CC(C)(C)O. The van der Waals surface area contributed by atoms with Crippen molar-refractivity contribution in [1.82, 2.24) is 4.90 Å². The molecule has 0 saturated carbocycles. The number of amides is 1. The highest BCUT2D eigenvalue weighted by atomic mass is 16.3. The van der Waals surface area contributed by atoms with Crippen LogP contribution in [-0.2, 0) is 11.2 Å². The molecule has 0 bridgehead atoms. The number of nitrogens with zero attached hydrogens (tertiary/aromatic N) is 1. The number of hydrogen-bond donors (Lipinski definition) is 2. The van der Waals surface area contributed by atoms with Crippen molar-refractivity contribution in [2.75, 3.05) is 25.0 Å². The number of rotatable bonds is 8. The molecule has 0 saturated heterocycles. The molecule has 0 fully saturated rings. The Bertz CT molecular complexity index is 678. The standard InChI is InChI=1S/C21H28N2O2/c1-4-23(16-21(2,3)25)15-20(24)22-19-13-9-8-12-18(19)14-17-10-6-5-7-11-17/h5-13,25H,4,14-16H2,1-3H3,(H,22,24). The molecule has 0 aromatic heterocycles. The molecule has 0 heterocycles. The van der Waals surface area contributed by atoms with E-state index in [1.807, 2.05) is 54.3 Å². The Kier molecular flexibility index (Phi) is 6.73. The zero-order valence-corrected chi connectivity index (χ0v) is 15.3. The fourth-order valence-corrected chi connectivity index (χ4v) is 2.83. The number of anilines is 1. The van der Waals surface area contributed by atoms with E-state index < -0.39 is 5.60 Å². The average Bonchev–Trinajstić information content (AvgIpc) is 2.55. The number of likely N-dealkylation sites (N-methyl/N-ethyl adjacent to an activating group) is 1. The average molecular weight is 340 g/mol. The molecule has 0 atom stereocenters. The van der Waals surface area contributed by atoms with Crippen LogP contribution in [0.25, 0.3) is 0 Å². The van der Waals surface area contributed by atoms with Gasteiger partial charge in [0, 0.05) is 12.2 Å². The van der Waals surface area contributed by atoms with Crippen LogP contribution in [0, 0.1) is 0 Å². The first-order valence-corrected chi connectivity index (χ1v) is 8.74. The lowest BCUT2D eigenvalue weighted by Crippen LogP contribution is -2.42. The molecule has 134 valence electrons. The van der Waals surface area contributed by atoms with Gasteiger partial charge in [0.2, 0.25) is 5.91 Å². The quantitative estimate of drug-likeness (QED) is 0.775. The molecule has 25 heavy (non-hydrogen) atoms. The molecule has 0 unspecified atom stereocenters. The van der Waals surface area contributed by atoms with Gasteiger partial charge in [0.15, 0.2) is 0 Å². The minimum atomic E-state index is -0.818. The summed E-state index contributed by atoms with van der Waals surface area (Å²) >= 11 is 0. The summed E-state index contributed by atoms with van der Waals surface area (Å²) in [5.41, 5.74) is 2.33. The van der Waals surface area contributed by atoms with E-state index in [0.717, 1.165) is 17.7 Å². The van der Waals surface area contributed by atoms with E-state index in [9.17, 15) is 9.90 Å². The van der Waals surface area contributed by atoms with Crippen molar-refractivity contribution < 1.29 is 9.90 Å². The van der Waals surface area contributed by atoms with Crippen LogP contribution in [0.15, 0.2) is 54.6 Å². The highest BCUT2D eigenvalue weighted by Crippen LogP contribution is 2.19. The number of nitrogens with one attached hydrogen (secondary N) is 1. The maximum absolute atomic E-state index is 12.4. The van der Waals surface area contributed by atoms with Crippen LogP contribution >= 0.6 is 0 Å². The van der Waals surface area contributed by atoms with Crippen molar-refractivity contribution in [3.05, 3.63) is 65.7 Å². The largest absolute Gasteiger partial charge is 0.389 e. The first-order chi connectivity index (χ1) is 11.9. The number of benzene rings is 2. The monoisotopic (exact) mass is 340 g/mol. The predicted octanol–water partition coefficient (Wildman–Crippen LogP) is 3.31. The zero-order valence-electron chi connectivity index (χ0n) is 15.3. The summed E-state index contributed by atoms with van der Waals surface area (Å²) in [7, 11) is 0. The van der Waals surface area contributed by atoms with Crippen molar-refractivity contribution >= 4 is 11.6 Å². The van der Waals surface area contributed by atoms with E-state index in [4.69, 9.17) is 0 Å². The van der Waals surface area contributed by atoms with Crippen LogP contribution in [0.4, 0.5) is 5.69 Å². The van der Waals surface area contributed by atoms with Gasteiger partial charge in [0.05, 0.1) is 12.1 Å². The Morgan fingerprint density at radius 3 is 2.36 bits per heavy atom. The number of carbonyl (C=O) groups is 1. The van der Waals surface area contributed by atoms with Crippen molar-refractivity contribution in [2.24, 2.45) is 0 Å². The second kappa shape index (κ2) is 8.79. The minimum absolute atomic E-state index is 0.0633. The molecular weight excluding hydrogens is 312 g/mol. The molecule has 0 radical (unpaired) electrons. The van der Waals surface area contributed by atoms with Gasteiger partial charge in [-0.3, -0.25) is 9.69 Å². The van der Waals surface area contributed by atoms with E-state index in [-0.39, 0.29) is 12.5 Å². The number of para-hydroxylation sites is 1. The molecule has 2 aromatic rings. The van der Waals surface area contributed by atoms with Crippen LogP contribution in [0.3, 0.4) is 0 Å². The van der Waals surface area contributed by atoms with E-state index >= 15 is 0 Å². The molecule has 4 heteroatoms. The van der Waals surface area contributed by atoms with E-state index in [0.29, 0.717) is 13.1 Å². The third-order valence-corrected chi connectivity index (χ3v) is 3.95. The molecule has 4 nitrogen and oxygen atoms in total. The van der Waals surface area contributed by atoms with Crippen LogP contribution in [-0.4, -0.2) is 41.1 Å². The number of aliphatic hydroxyl groups is 1. The normalized spacial score (nSPS) is 11.6. The lowest BCUT2D eigenvalue weighted by atomic mass is 10.0. The van der Waals surface area contributed by atoms with Crippen LogP contribution in [0.5, 0.6) is 0 Å². The second-order valence-electron chi connectivity index (χ2n) is 6.98. The maximum Gasteiger partial charge on any atom is 0.238 e. The third kappa shape index (κ3) is 6.69. The lowest BCUT2D eigenvalue weighted by molar-refractivity contribution is -0.117. The Hall–Kier alpha value is -2.17. The van der Waals surface area contributed by atoms with Gasteiger partial charge in [-0.1, -0.05) is 55.5 Å². The zero-order chi connectivity index (χ0) is 18.3. The topological polar surface area (TPSA) is 52.6 Å². The first kappa shape index (κ1) is 19.2. The highest BCUT2D eigenvalue weighted by Gasteiger charge is 2.19. The Labute approximate surface area is 150 Å². The first-order valence-electron chi connectivity index (χ1n) is 8.74. The van der Waals surface area contributed by atoms with Gasteiger partial charge in [-0.15, -0.1) is 0 Å². The Morgan fingerprint density at radius 2 is 1.72 bits per heavy atom. The van der Waals surface area contributed by atoms with Gasteiger partial charge in [0.1, 0.15) is 0 Å². The summed E-state index contributed by atoms with van der Waals surface area (Å²) in [4.78, 5) is 14.4. The van der Waals surface area contributed by atoms with Crippen molar-refractivity contribution in [2.45, 2.75) is 32.8 Å². The van der Waals surface area contributed by atoms with Crippen LogP contribution in [0.1, 0.15) is 31.9 Å². The van der Waals surface area contributed by atoms with Crippen molar-refractivity contribution in [1.29, 1.82) is 0 Å². The molecule has 0 aliphatic heterocycles. The third-order valence-electron chi connectivity index (χ3n) is 3.95. The second-order valence-corrected chi connectivity index (χ2v) is 6.98. The summed E-state index contributed by atoms with van der Waals surface area (Å²) in [6.45, 7) is 6.93. The van der Waals surface area contributed by atoms with Crippen LogP contribution < -0.4 is 5.32 Å². The molecule has 0 spiro atoms. The molecule has 2 N–H and O–H groups in total. The summed E-state index contributed by atoms with van der Waals surface area (Å²) in [6.07, 6.45) is 0.776. The van der Waals surface area contributed by atoms with Gasteiger partial charge < -0.3 is 10.4 Å². The highest BCUT2D eigenvalue weighted by molar-refractivity contribution is 5.93. The summed E-state index contributed by atoms with van der Waals surface area (Å²) in [5, 5.41) is 13.0. The van der Waals surface area contributed by atoms with E-state index in [1.165, 1.54) is 5.56 Å². The molecular formula is C21H28N2O2. The maximum atomic E-state index is 12.4. The van der Waals surface area contributed by atoms with Gasteiger partial charge in [-0.05, 0) is 44.0 Å². The molecule has 2 rings (SSSR count). The molecule has 1 amide bonds. The van der Waals surface area contributed by atoms with E-state index in [1.54, 1.807) is 13.8 Å². The summed E-state index contributed by atoms with van der Waals surface area (Å²) in [5.74, 6) is -0.0633. The van der Waals surface area contributed by atoms with E-state index in [2.05, 4.69) is 17.4 Å². The van der Waals surface area contributed by atoms with Gasteiger partial charge >= 0.3 is 0 Å². The van der Waals surface area contributed by atoms with Crippen molar-refractivity contribution in [3.63, 3.8) is 0 Å². The predicted molar refractivity (Wildman–Crippen MR) is 103 cm³/mol. The van der Waals surface area contributed by atoms with Crippen LogP contribution in [0.2, 0.25) is 0 Å². The smallest absolute Gasteiger partial charge is 0.238 e. The van der Waals surface area contributed by atoms with Crippen molar-refractivity contribution in [3.8, 4) is 0 Å². The van der Waals surface area contributed by atoms with Gasteiger partial charge in [0.25, 0.3) is 0 Å². The molecule has 2 aromatic carbocycles. The number of carbonyl (C=O) groups excluding carboxylic acids is 1. The fourth-order valence-electron chi connectivity index (χ4n) is 2.83. The fraction of sp³-hybridized carbons (Fsp3) is 0.381.